The van der Waals surface area contributed by atoms with E-state index in [1.807, 2.05) is 12.3 Å². The van der Waals surface area contributed by atoms with Gasteiger partial charge in [-0.3, -0.25) is 0 Å². The van der Waals surface area contributed by atoms with Crippen molar-refractivity contribution in [2.75, 3.05) is 39.2 Å². The molecule has 0 saturated carbocycles. The highest BCUT2D eigenvalue weighted by molar-refractivity contribution is 5.33. The first-order valence-electron chi connectivity index (χ1n) is 6.96. The van der Waals surface area contributed by atoms with Gasteiger partial charge in [-0.25, -0.2) is 10.8 Å². The van der Waals surface area contributed by atoms with Gasteiger partial charge in [0.1, 0.15) is 5.82 Å². The van der Waals surface area contributed by atoms with Crippen LogP contribution in [0, 0.1) is 5.92 Å². The molecule has 1 aromatic rings. The molecular weight excluding hydrogens is 238 g/mol. The van der Waals surface area contributed by atoms with Crippen LogP contribution in [-0.4, -0.2) is 48.5 Å². The Balaban J connectivity index is 1.78. The van der Waals surface area contributed by atoms with Gasteiger partial charge in [-0.05, 0) is 57.6 Å². The lowest BCUT2D eigenvalue weighted by molar-refractivity contribution is 0.173. The van der Waals surface area contributed by atoms with Gasteiger partial charge >= 0.3 is 0 Å². The standard InChI is InChI=1S/C14H25N5/c1-18-7-5-12(6-8-18)10-19(2)11-13-3-4-14(17-15)16-9-13/h3-4,9,12H,5-8,10-11,15H2,1-2H3,(H,16,17). The van der Waals surface area contributed by atoms with Gasteiger partial charge in [0.2, 0.25) is 0 Å². The van der Waals surface area contributed by atoms with Gasteiger partial charge in [-0.1, -0.05) is 6.07 Å². The van der Waals surface area contributed by atoms with Crippen molar-refractivity contribution in [1.29, 1.82) is 0 Å². The van der Waals surface area contributed by atoms with Gasteiger partial charge in [0.25, 0.3) is 0 Å². The van der Waals surface area contributed by atoms with E-state index >= 15 is 0 Å². The first-order valence-corrected chi connectivity index (χ1v) is 6.96. The van der Waals surface area contributed by atoms with Crippen molar-refractivity contribution in [3.63, 3.8) is 0 Å². The number of rotatable bonds is 5. The molecule has 1 fully saturated rings. The third kappa shape index (κ3) is 4.45. The zero-order chi connectivity index (χ0) is 13.7. The summed E-state index contributed by atoms with van der Waals surface area (Å²) in [6.07, 6.45) is 4.52. The average molecular weight is 263 g/mol. The third-order valence-electron chi connectivity index (χ3n) is 3.83. The molecule has 0 atom stereocenters. The Morgan fingerprint density at radius 2 is 2.16 bits per heavy atom. The number of hydrazine groups is 1. The summed E-state index contributed by atoms with van der Waals surface area (Å²) in [6, 6.07) is 3.99. The van der Waals surface area contributed by atoms with Gasteiger partial charge in [0, 0.05) is 19.3 Å². The minimum Gasteiger partial charge on any atom is -0.308 e. The molecule has 2 heterocycles. The van der Waals surface area contributed by atoms with Crippen LogP contribution >= 0.6 is 0 Å². The first kappa shape index (κ1) is 14.2. The largest absolute Gasteiger partial charge is 0.308 e. The van der Waals surface area contributed by atoms with E-state index in [0.717, 1.165) is 12.5 Å². The van der Waals surface area contributed by atoms with E-state index < -0.39 is 0 Å². The second-order valence-corrected chi connectivity index (χ2v) is 5.64. The van der Waals surface area contributed by atoms with Gasteiger partial charge < -0.3 is 15.2 Å². The van der Waals surface area contributed by atoms with Gasteiger partial charge in [-0.2, -0.15) is 0 Å². The monoisotopic (exact) mass is 263 g/mol. The number of piperidine rings is 1. The van der Waals surface area contributed by atoms with Crippen LogP contribution in [0.3, 0.4) is 0 Å². The summed E-state index contributed by atoms with van der Waals surface area (Å²) in [6.45, 7) is 4.59. The fourth-order valence-corrected chi connectivity index (χ4v) is 2.67. The minimum absolute atomic E-state index is 0.710. The molecule has 0 amide bonds. The van der Waals surface area contributed by atoms with Crippen molar-refractivity contribution in [1.82, 2.24) is 14.8 Å². The number of nitrogens with two attached hydrogens (primary N) is 1. The Labute approximate surface area is 115 Å². The summed E-state index contributed by atoms with van der Waals surface area (Å²) in [4.78, 5) is 9.04. The maximum atomic E-state index is 5.31. The van der Waals surface area contributed by atoms with E-state index in [9.17, 15) is 0 Å². The van der Waals surface area contributed by atoms with Crippen LogP contribution in [0.25, 0.3) is 0 Å². The lowest BCUT2D eigenvalue weighted by Crippen LogP contribution is -2.35. The number of likely N-dealkylation sites (tertiary alicyclic amines) is 1. The van der Waals surface area contributed by atoms with E-state index in [1.165, 1.54) is 38.0 Å². The number of nitrogens with zero attached hydrogens (tertiary/aromatic N) is 3. The normalized spacial score (nSPS) is 17.9. The zero-order valence-corrected chi connectivity index (χ0v) is 12.0. The highest BCUT2D eigenvalue weighted by Crippen LogP contribution is 2.17. The molecule has 0 bridgehead atoms. The Morgan fingerprint density at radius 3 is 2.74 bits per heavy atom. The zero-order valence-electron chi connectivity index (χ0n) is 12.0. The Hall–Kier alpha value is -1.17. The quantitative estimate of drug-likeness (QED) is 0.616. The Bertz CT molecular complexity index is 370. The average Bonchev–Trinajstić information content (AvgIpc) is 2.42. The van der Waals surface area contributed by atoms with E-state index in [-0.39, 0.29) is 0 Å². The summed E-state index contributed by atoms with van der Waals surface area (Å²) < 4.78 is 0. The fraction of sp³-hybridized carbons (Fsp3) is 0.643. The fourth-order valence-electron chi connectivity index (χ4n) is 2.67. The van der Waals surface area contributed by atoms with E-state index in [1.54, 1.807) is 0 Å². The van der Waals surface area contributed by atoms with Crippen LogP contribution in [0.1, 0.15) is 18.4 Å². The SMILES string of the molecule is CN1CCC(CN(C)Cc2ccc(NN)nc2)CC1. The predicted octanol–water partition coefficient (Wildman–Crippen LogP) is 1.14. The molecule has 3 N–H and O–H groups in total. The number of pyridine rings is 1. The Kier molecular flexibility index (Phi) is 5.13. The highest BCUT2D eigenvalue weighted by Gasteiger charge is 2.18. The van der Waals surface area contributed by atoms with Crippen molar-refractivity contribution in [3.05, 3.63) is 23.9 Å². The number of hydrogen-bond acceptors (Lipinski definition) is 5. The molecule has 1 aromatic heterocycles. The molecule has 0 radical (unpaired) electrons. The second kappa shape index (κ2) is 6.84. The molecule has 1 aliphatic rings. The number of aromatic nitrogens is 1. The molecule has 5 nitrogen and oxygen atoms in total. The van der Waals surface area contributed by atoms with Crippen LogP contribution in [0.4, 0.5) is 5.82 Å². The lowest BCUT2D eigenvalue weighted by Gasteiger charge is -2.31. The van der Waals surface area contributed by atoms with Crippen molar-refractivity contribution < 1.29 is 0 Å². The molecule has 1 aliphatic heterocycles. The number of hydrogen-bond donors (Lipinski definition) is 2. The van der Waals surface area contributed by atoms with Crippen LogP contribution in [0.5, 0.6) is 0 Å². The molecule has 0 aliphatic carbocycles. The molecule has 19 heavy (non-hydrogen) atoms. The lowest BCUT2D eigenvalue weighted by atomic mass is 9.96. The van der Waals surface area contributed by atoms with Crippen molar-refractivity contribution in [3.8, 4) is 0 Å². The molecular formula is C14H25N5. The molecule has 5 heteroatoms. The summed E-state index contributed by atoms with van der Waals surface area (Å²) >= 11 is 0. The van der Waals surface area contributed by atoms with Gasteiger partial charge in [-0.15, -0.1) is 0 Å². The van der Waals surface area contributed by atoms with Gasteiger partial charge in [0.05, 0.1) is 0 Å². The summed E-state index contributed by atoms with van der Waals surface area (Å²) in [5.74, 6) is 6.85. The molecule has 106 valence electrons. The van der Waals surface area contributed by atoms with Crippen LogP contribution in [0.15, 0.2) is 18.3 Å². The molecule has 0 spiro atoms. The van der Waals surface area contributed by atoms with Crippen molar-refractivity contribution >= 4 is 5.82 Å². The maximum Gasteiger partial charge on any atom is 0.139 e. The number of nitrogen functional groups attached to an aromatic ring is 1. The van der Waals surface area contributed by atoms with E-state index in [4.69, 9.17) is 5.84 Å². The number of anilines is 1. The van der Waals surface area contributed by atoms with Gasteiger partial charge in [0.15, 0.2) is 0 Å². The van der Waals surface area contributed by atoms with E-state index in [0.29, 0.717) is 5.82 Å². The predicted molar refractivity (Wildman–Crippen MR) is 78.6 cm³/mol. The molecule has 0 unspecified atom stereocenters. The summed E-state index contributed by atoms with van der Waals surface area (Å²) in [5.41, 5.74) is 3.78. The highest BCUT2D eigenvalue weighted by atomic mass is 15.2. The van der Waals surface area contributed by atoms with Crippen molar-refractivity contribution in [2.24, 2.45) is 11.8 Å². The summed E-state index contributed by atoms with van der Waals surface area (Å²) in [7, 11) is 4.39. The van der Waals surface area contributed by atoms with Crippen molar-refractivity contribution in [2.45, 2.75) is 19.4 Å². The third-order valence-corrected chi connectivity index (χ3v) is 3.83. The summed E-state index contributed by atoms with van der Waals surface area (Å²) in [5, 5.41) is 0. The maximum absolute atomic E-state index is 5.31. The second-order valence-electron chi connectivity index (χ2n) is 5.64. The van der Waals surface area contributed by atoms with Crippen LogP contribution in [0.2, 0.25) is 0 Å². The number of nitrogens with one attached hydrogen (secondary N) is 1. The smallest absolute Gasteiger partial charge is 0.139 e. The molecule has 1 saturated heterocycles. The van der Waals surface area contributed by atoms with Crippen LogP contribution < -0.4 is 11.3 Å². The molecule has 2 rings (SSSR count). The topological polar surface area (TPSA) is 57.4 Å². The van der Waals surface area contributed by atoms with Crippen LogP contribution in [-0.2, 0) is 6.54 Å². The van der Waals surface area contributed by atoms with E-state index in [2.05, 4.69) is 40.4 Å². The minimum atomic E-state index is 0.710. The first-order chi connectivity index (χ1) is 9.17. The Morgan fingerprint density at radius 1 is 1.42 bits per heavy atom. The molecule has 0 aromatic carbocycles.